The summed E-state index contributed by atoms with van der Waals surface area (Å²) < 4.78 is 45.9. The van der Waals surface area contributed by atoms with Crippen molar-refractivity contribution in [3.8, 4) is 0 Å². The van der Waals surface area contributed by atoms with Crippen molar-refractivity contribution < 1.29 is 124 Å². The van der Waals surface area contributed by atoms with Crippen molar-refractivity contribution in [3.63, 3.8) is 0 Å². The highest BCUT2D eigenvalue weighted by Gasteiger charge is 2.57. The van der Waals surface area contributed by atoms with Gasteiger partial charge in [-0.05, 0) is 6.92 Å². The molecule has 0 aromatic carbocycles. The molecule has 0 aromatic rings. The van der Waals surface area contributed by atoms with Crippen LogP contribution in [0.15, 0.2) is 0 Å². The largest absolute Gasteiger partial charge is 0.394 e. The van der Waals surface area contributed by atoms with Crippen LogP contribution >= 0.6 is 0 Å². The van der Waals surface area contributed by atoms with Gasteiger partial charge in [0, 0.05) is 6.92 Å². The van der Waals surface area contributed by atoms with E-state index < -0.39 is 186 Å². The molecule has 26 heteroatoms. The van der Waals surface area contributed by atoms with Gasteiger partial charge >= 0.3 is 0 Å². The Kier molecular flexibility index (Phi) is 18.3. The third kappa shape index (κ3) is 10.7. The third-order valence-corrected chi connectivity index (χ3v) is 10.3. The van der Waals surface area contributed by atoms with E-state index in [2.05, 4.69) is 5.32 Å². The van der Waals surface area contributed by atoms with Crippen molar-refractivity contribution in [2.75, 3.05) is 33.0 Å². The lowest BCUT2D eigenvalue weighted by Crippen LogP contribution is -2.71. The molecule has 0 aliphatic carbocycles. The molecule has 4 saturated heterocycles. The van der Waals surface area contributed by atoms with Crippen LogP contribution in [0, 0.1) is 0 Å². The Bertz CT molecular complexity index is 1260. The zero-order valence-electron chi connectivity index (χ0n) is 31.2. The van der Waals surface area contributed by atoms with Crippen molar-refractivity contribution in [2.45, 2.75) is 161 Å². The lowest BCUT2D eigenvalue weighted by molar-refractivity contribution is -0.388. The molecule has 4 heterocycles. The molecule has 58 heavy (non-hydrogen) atoms. The highest BCUT2D eigenvalue weighted by atomic mass is 16.8. The summed E-state index contributed by atoms with van der Waals surface area (Å²) in [7, 11) is 0. The summed E-state index contributed by atoms with van der Waals surface area (Å²) in [6.07, 6.45) is -43.1. The number of hydrogen-bond acceptors (Lipinski definition) is 25. The summed E-state index contributed by atoms with van der Waals surface area (Å²) in [4.78, 5) is 12.7. The fraction of sp³-hybridized carbons (Fsp3) is 0.969. The lowest BCUT2D eigenvalue weighted by Gasteiger charge is -2.51. The minimum atomic E-state index is -2.20. The zero-order valence-corrected chi connectivity index (χ0v) is 31.2. The van der Waals surface area contributed by atoms with Gasteiger partial charge in [-0.3, -0.25) is 4.79 Å². The molecule has 0 saturated carbocycles. The van der Waals surface area contributed by atoms with E-state index in [-0.39, 0.29) is 0 Å². The van der Waals surface area contributed by atoms with Crippen LogP contribution in [0.4, 0.5) is 0 Å². The first-order valence-electron chi connectivity index (χ1n) is 18.4. The monoisotopic (exact) mass is 855 g/mol. The predicted octanol–water partition coefficient (Wildman–Crippen LogP) is -11.1. The minimum Gasteiger partial charge on any atom is -0.394 e. The summed E-state index contributed by atoms with van der Waals surface area (Å²) in [5.41, 5.74) is 0. The van der Waals surface area contributed by atoms with Gasteiger partial charge in [0.2, 0.25) is 5.91 Å². The number of nitrogens with one attached hydrogen (secondary N) is 1. The van der Waals surface area contributed by atoms with Gasteiger partial charge in [0.1, 0.15) is 116 Å². The van der Waals surface area contributed by atoms with Gasteiger partial charge < -0.3 is 125 Å². The van der Waals surface area contributed by atoms with Crippen molar-refractivity contribution in [3.05, 3.63) is 0 Å². The minimum absolute atomic E-state index is 0.855. The summed E-state index contributed by atoms with van der Waals surface area (Å²) >= 11 is 0. The number of rotatable bonds is 17. The SMILES string of the molecule is CC(=O)N[C@H]1[C@H](O[C@H]2[C@@H](O)[C@@H](CO)O[C@@H](O[C@@H]([C@H](O)[C@H](O)CO)[C@@H](O)CO)[C@@H]2O)O[C@H](CO)[C@@H](O[C@@H]2O[C@@H](C)[C@@H](O)[C@@H](O)[C@@H]2O)[C@@H]1O[C@@H]1O[C@H](CO)[C@H](O)[C@H](O)[C@H]1O. The number of aliphatic hydroxyl groups is 16. The number of aliphatic hydroxyl groups excluding tert-OH is 16. The first-order chi connectivity index (χ1) is 27.3. The van der Waals surface area contributed by atoms with Crippen LogP contribution in [0.5, 0.6) is 0 Å². The van der Waals surface area contributed by atoms with Crippen LogP contribution in [0.1, 0.15) is 13.8 Å². The van der Waals surface area contributed by atoms with E-state index in [1.165, 1.54) is 6.92 Å². The van der Waals surface area contributed by atoms with Gasteiger partial charge in [-0.1, -0.05) is 0 Å². The van der Waals surface area contributed by atoms with Gasteiger partial charge in [0.15, 0.2) is 25.2 Å². The van der Waals surface area contributed by atoms with E-state index in [1.54, 1.807) is 0 Å². The smallest absolute Gasteiger partial charge is 0.217 e. The summed E-state index contributed by atoms with van der Waals surface area (Å²) in [6, 6.07) is -1.77. The van der Waals surface area contributed by atoms with Crippen LogP contribution in [0.2, 0.25) is 0 Å². The standard InChI is InChI=1S/C32H57NO25/c1-8-16(42)20(46)22(48)30(51-8)56-26-14(7-38)54-29(15(33-9(2)39)27(26)57-31-23(49)21(47)18(44)12(5-36)52-31)58-28-19(45)13(6-37)53-32(24(28)50)55-25(11(41)4-35)17(43)10(40)3-34/h8,10-32,34-38,40-50H,3-7H2,1-2H3,(H,33,39)/t8-,10+,11-,12+,13+,14+,15+,16+,17+,18-,19-,20+,21-,22-,23+,24+,25+,26+,27+,28-,29-,30-,31-,32-/m0/s1. The van der Waals surface area contributed by atoms with Gasteiger partial charge in [-0.15, -0.1) is 0 Å². The molecule has 4 fully saturated rings. The normalized spacial score (nSPS) is 45.9. The van der Waals surface area contributed by atoms with Gasteiger partial charge in [-0.2, -0.15) is 0 Å². The number of carbonyl (C=O) groups is 1. The van der Waals surface area contributed by atoms with Gasteiger partial charge in [-0.25, -0.2) is 0 Å². The quantitative estimate of drug-likeness (QED) is 0.0646. The molecule has 0 spiro atoms. The second-order valence-electron chi connectivity index (χ2n) is 14.4. The molecule has 0 aromatic heterocycles. The van der Waals surface area contributed by atoms with E-state index in [4.69, 9.17) is 37.9 Å². The fourth-order valence-corrected chi connectivity index (χ4v) is 6.96. The highest BCUT2D eigenvalue weighted by molar-refractivity contribution is 5.73. The Balaban J connectivity index is 1.75. The van der Waals surface area contributed by atoms with E-state index in [0.29, 0.717) is 0 Å². The molecule has 0 bridgehead atoms. The van der Waals surface area contributed by atoms with Gasteiger partial charge in [0.25, 0.3) is 0 Å². The molecule has 24 atom stereocenters. The molecular weight excluding hydrogens is 798 g/mol. The molecule has 0 unspecified atom stereocenters. The van der Waals surface area contributed by atoms with Crippen molar-refractivity contribution in [1.29, 1.82) is 0 Å². The average molecular weight is 856 g/mol. The lowest BCUT2D eigenvalue weighted by atomic mass is 9.93. The van der Waals surface area contributed by atoms with Crippen LogP contribution in [0.3, 0.4) is 0 Å². The first-order valence-corrected chi connectivity index (χ1v) is 18.4. The summed E-state index contributed by atoms with van der Waals surface area (Å²) in [5, 5.41) is 168. The van der Waals surface area contributed by atoms with E-state index in [0.717, 1.165) is 6.92 Å². The van der Waals surface area contributed by atoms with E-state index in [9.17, 15) is 86.5 Å². The Labute approximate surface area is 329 Å². The number of ether oxygens (including phenoxy) is 8. The van der Waals surface area contributed by atoms with Crippen LogP contribution < -0.4 is 5.32 Å². The van der Waals surface area contributed by atoms with E-state index >= 15 is 0 Å². The molecule has 4 aliphatic rings. The maximum Gasteiger partial charge on any atom is 0.217 e. The number of hydrogen-bond donors (Lipinski definition) is 17. The Morgan fingerprint density at radius 1 is 0.552 bits per heavy atom. The first kappa shape index (κ1) is 49.2. The van der Waals surface area contributed by atoms with Crippen LogP contribution in [0.25, 0.3) is 0 Å². The number of carbonyl (C=O) groups excluding carboxylic acids is 1. The topological polar surface area (TPSA) is 427 Å². The molecule has 1 amide bonds. The molecule has 17 N–H and O–H groups in total. The number of amides is 1. The second kappa shape index (κ2) is 21.5. The average Bonchev–Trinajstić information content (AvgIpc) is 3.20. The zero-order chi connectivity index (χ0) is 43.3. The van der Waals surface area contributed by atoms with Crippen molar-refractivity contribution >= 4 is 5.91 Å². The Morgan fingerprint density at radius 2 is 1.03 bits per heavy atom. The Hall–Kier alpha value is -1.49. The summed E-state index contributed by atoms with van der Waals surface area (Å²) in [6.45, 7) is -2.71. The summed E-state index contributed by atoms with van der Waals surface area (Å²) in [5.74, 6) is -0.855. The van der Waals surface area contributed by atoms with Crippen molar-refractivity contribution in [1.82, 2.24) is 5.32 Å². The van der Waals surface area contributed by atoms with E-state index in [1.807, 2.05) is 0 Å². The van der Waals surface area contributed by atoms with Crippen LogP contribution in [-0.4, -0.2) is 268 Å². The second-order valence-corrected chi connectivity index (χ2v) is 14.4. The maximum atomic E-state index is 12.7. The molecule has 4 aliphatic heterocycles. The molecule has 26 nitrogen and oxygen atoms in total. The Morgan fingerprint density at radius 3 is 1.59 bits per heavy atom. The van der Waals surface area contributed by atoms with Gasteiger partial charge in [0.05, 0.1) is 39.1 Å². The van der Waals surface area contributed by atoms with Crippen LogP contribution in [-0.2, 0) is 42.7 Å². The highest BCUT2D eigenvalue weighted by Crippen LogP contribution is 2.36. The van der Waals surface area contributed by atoms with Crippen molar-refractivity contribution in [2.24, 2.45) is 0 Å². The fourth-order valence-electron chi connectivity index (χ4n) is 6.96. The molecular formula is C32H57NO25. The molecule has 4 rings (SSSR count). The molecule has 0 radical (unpaired) electrons. The maximum absolute atomic E-state index is 12.7. The predicted molar refractivity (Wildman–Crippen MR) is 179 cm³/mol. The molecule has 340 valence electrons. The third-order valence-electron chi connectivity index (χ3n) is 10.3.